The Hall–Kier alpha value is -3.52. The second-order valence-electron chi connectivity index (χ2n) is 6.19. The van der Waals surface area contributed by atoms with E-state index in [0.29, 0.717) is 28.2 Å². The Morgan fingerprint density at radius 1 is 1.31 bits per heavy atom. The van der Waals surface area contributed by atoms with Crippen LogP contribution >= 0.6 is 12.2 Å². The first-order valence-corrected chi connectivity index (χ1v) is 9.06. The SMILES string of the molecule is C=CCN1C(=O)/C(=C/c2ccc(-c3cccc(C(=O)OC)c3C)o2)C(=O)NC1=S. The molecule has 1 aromatic heterocycles. The van der Waals surface area contributed by atoms with Gasteiger partial charge < -0.3 is 9.15 Å². The first kappa shape index (κ1) is 20.2. The van der Waals surface area contributed by atoms with Gasteiger partial charge in [0.1, 0.15) is 17.1 Å². The monoisotopic (exact) mass is 410 g/mol. The molecule has 1 aliphatic rings. The van der Waals surface area contributed by atoms with Gasteiger partial charge >= 0.3 is 5.97 Å². The number of thiocarbonyl (C=S) groups is 1. The zero-order chi connectivity index (χ0) is 21.1. The zero-order valence-electron chi connectivity index (χ0n) is 15.9. The van der Waals surface area contributed by atoms with E-state index in [1.807, 2.05) is 0 Å². The molecule has 7 nitrogen and oxygen atoms in total. The van der Waals surface area contributed by atoms with Gasteiger partial charge in [0.2, 0.25) is 0 Å². The summed E-state index contributed by atoms with van der Waals surface area (Å²) >= 11 is 5.03. The van der Waals surface area contributed by atoms with E-state index in [4.69, 9.17) is 21.4 Å². The Bertz CT molecular complexity index is 1070. The molecule has 0 spiro atoms. The van der Waals surface area contributed by atoms with Crippen molar-refractivity contribution in [2.45, 2.75) is 6.92 Å². The van der Waals surface area contributed by atoms with Crippen molar-refractivity contribution in [3.8, 4) is 11.3 Å². The molecule has 29 heavy (non-hydrogen) atoms. The predicted octanol–water partition coefficient (Wildman–Crippen LogP) is 2.85. The summed E-state index contributed by atoms with van der Waals surface area (Å²) in [6.45, 7) is 5.55. The number of ether oxygens (including phenoxy) is 1. The van der Waals surface area contributed by atoms with E-state index in [1.165, 1.54) is 24.2 Å². The molecule has 1 aliphatic heterocycles. The van der Waals surface area contributed by atoms with Crippen LogP contribution < -0.4 is 5.32 Å². The molecule has 1 saturated heterocycles. The highest BCUT2D eigenvalue weighted by molar-refractivity contribution is 7.80. The summed E-state index contributed by atoms with van der Waals surface area (Å²) in [6, 6.07) is 8.53. The highest BCUT2D eigenvalue weighted by Crippen LogP contribution is 2.29. The maximum atomic E-state index is 12.6. The fourth-order valence-corrected chi connectivity index (χ4v) is 3.19. The molecular weight excluding hydrogens is 392 g/mol. The highest BCUT2D eigenvalue weighted by atomic mass is 32.1. The molecule has 148 valence electrons. The maximum Gasteiger partial charge on any atom is 0.338 e. The van der Waals surface area contributed by atoms with E-state index in [0.717, 1.165) is 0 Å². The second-order valence-corrected chi connectivity index (χ2v) is 6.58. The average molecular weight is 410 g/mol. The van der Waals surface area contributed by atoms with Crippen LogP contribution in [0.4, 0.5) is 0 Å². The molecule has 1 fully saturated rings. The van der Waals surface area contributed by atoms with Crippen molar-refractivity contribution in [3.63, 3.8) is 0 Å². The molecule has 1 N–H and O–H groups in total. The van der Waals surface area contributed by atoms with Crippen molar-refractivity contribution in [1.29, 1.82) is 0 Å². The van der Waals surface area contributed by atoms with Crippen molar-refractivity contribution in [1.82, 2.24) is 10.2 Å². The Labute approximate surface area is 172 Å². The number of nitrogens with zero attached hydrogens (tertiary/aromatic N) is 1. The largest absolute Gasteiger partial charge is 0.465 e. The Kier molecular flexibility index (Phi) is 5.74. The van der Waals surface area contributed by atoms with Crippen molar-refractivity contribution in [2.75, 3.05) is 13.7 Å². The molecular formula is C21H18N2O5S. The molecule has 2 amide bonds. The zero-order valence-corrected chi connectivity index (χ0v) is 16.7. The normalized spacial score (nSPS) is 15.4. The summed E-state index contributed by atoms with van der Waals surface area (Å²) in [6.07, 6.45) is 2.87. The number of esters is 1. The van der Waals surface area contributed by atoms with Crippen LogP contribution in [0.3, 0.4) is 0 Å². The molecule has 2 heterocycles. The lowest BCUT2D eigenvalue weighted by Crippen LogP contribution is -2.53. The summed E-state index contributed by atoms with van der Waals surface area (Å²) in [5, 5.41) is 2.51. The highest BCUT2D eigenvalue weighted by Gasteiger charge is 2.32. The molecule has 1 aromatic carbocycles. The number of carbonyl (C=O) groups is 3. The molecule has 0 atom stereocenters. The van der Waals surface area contributed by atoms with Crippen LogP contribution in [0.25, 0.3) is 17.4 Å². The number of methoxy groups -OCH3 is 1. The minimum absolute atomic E-state index is 0.0347. The van der Waals surface area contributed by atoms with Crippen molar-refractivity contribution in [2.24, 2.45) is 0 Å². The molecule has 0 radical (unpaired) electrons. The first-order chi connectivity index (χ1) is 13.9. The van der Waals surface area contributed by atoms with Crippen molar-refractivity contribution in [3.05, 3.63) is 65.4 Å². The molecule has 0 aliphatic carbocycles. The minimum Gasteiger partial charge on any atom is -0.465 e. The quantitative estimate of drug-likeness (QED) is 0.268. The Balaban J connectivity index is 1.95. The van der Waals surface area contributed by atoms with Gasteiger partial charge in [-0.05, 0) is 49.0 Å². The summed E-state index contributed by atoms with van der Waals surface area (Å²) < 4.78 is 10.6. The van der Waals surface area contributed by atoms with Gasteiger partial charge in [-0.3, -0.25) is 19.8 Å². The van der Waals surface area contributed by atoms with E-state index in [9.17, 15) is 14.4 Å². The van der Waals surface area contributed by atoms with Gasteiger partial charge in [-0.1, -0.05) is 18.2 Å². The van der Waals surface area contributed by atoms with Crippen LogP contribution in [0.5, 0.6) is 0 Å². The van der Waals surface area contributed by atoms with Gasteiger partial charge in [-0.2, -0.15) is 0 Å². The van der Waals surface area contributed by atoms with Gasteiger partial charge in [0, 0.05) is 12.1 Å². The van der Waals surface area contributed by atoms with E-state index in [1.54, 1.807) is 37.3 Å². The van der Waals surface area contributed by atoms with Crippen LogP contribution in [0.2, 0.25) is 0 Å². The Morgan fingerprint density at radius 2 is 2.07 bits per heavy atom. The standard InChI is InChI=1S/C21H18N2O5S/c1-4-10-23-19(25)16(18(24)22-21(23)29)11-13-8-9-17(28-13)14-6-5-7-15(12(14)2)20(26)27-3/h4-9,11H,1,10H2,2-3H3,(H,22,24,29)/b16-11+. The predicted molar refractivity (Wildman–Crippen MR) is 111 cm³/mol. The lowest BCUT2D eigenvalue weighted by Gasteiger charge is -2.27. The van der Waals surface area contributed by atoms with E-state index in [2.05, 4.69) is 11.9 Å². The molecule has 0 bridgehead atoms. The number of hydrogen-bond acceptors (Lipinski definition) is 6. The number of nitrogens with one attached hydrogen (secondary N) is 1. The van der Waals surface area contributed by atoms with Crippen LogP contribution in [-0.4, -0.2) is 41.5 Å². The number of rotatable bonds is 5. The topological polar surface area (TPSA) is 88.8 Å². The Morgan fingerprint density at radius 3 is 2.76 bits per heavy atom. The third-order valence-electron chi connectivity index (χ3n) is 4.42. The lowest BCUT2D eigenvalue weighted by molar-refractivity contribution is -0.128. The number of carbonyl (C=O) groups excluding carboxylic acids is 3. The number of amides is 2. The van der Waals surface area contributed by atoms with E-state index >= 15 is 0 Å². The van der Waals surface area contributed by atoms with Gasteiger partial charge in [-0.15, -0.1) is 6.58 Å². The van der Waals surface area contributed by atoms with Gasteiger partial charge in [0.25, 0.3) is 11.8 Å². The molecule has 8 heteroatoms. The van der Waals surface area contributed by atoms with Crippen molar-refractivity contribution >= 4 is 41.2 Å². The van der Waals surface area contributed by atoms with Crippen LogP contribution in [0, 0.1) is 6.92 Å². The van der Waals surface area contributed by atoms with Gasteiger partial charge in [0.15, 0.2) is 5.11 Å². The van der Waals surface area contributed by atoms with Crippen LogP contribution in [0.15, 0.2) is 53.0 Å². The van der Waals surface area contributed by atoms with E-state index in [-0.39, 0.29) is 17.2 Å². The minimum atomic E-state index is -0.595. The molecule has 3 rings (SSSR count). The van der Waals surface area contributed by atoms with E-state index < -0.39 is 17.8 Å². The van der Waals surface area contributed by atoms with Crippen LogP contribution in [-0.2, 0) is 14.3 Å². The maximum absolute atomic E-state index is 12.6. The molecule has 2 aromatic rings. The summed E-state index contributed by atoms with van der Waals surface area (Å²) in [5.41, 5.74) is 1.73. The summed E-state index contributed by atoms with van der Waals surface area (Å²) in [4.78, 5) is 38.0. The number of benzene rings is 1. The molecule has 0 saturated carbocycles. The average Bonchev–Trinajstić information content (AvgIpc) is 3.16. The summed E-state index contributed by atoms with van der Waals surface area (Å²) in [7, 11) is 1.32. The number of hydrogen-bond donors (Lipinski definition) is 1. The third-order valence-corrected chi connectivity index (χ3v) is 4.74. The molecule has 0 unspecified atom stereocenters. The summed E-state index contributed by atoms with van der Waals surface area (Å²) in [5.74, 6) is -0.765. The van der Waals surface area contributed by atoms with Crippen LogP contribution in [0.1, 0.15) is 21.7 Å². The fourth-order valence-electron chi connectivity index (χ4n) is 2.94. The second kappa shape index (κ2) is 8.24. The lowest BCUT2D eigenvalue weighted by atomic mass is 10.0. The van der Waals surface area contributed by atoms with Gasteiger partial charge in [0.05, 0.1) is 12.7 Å². The number of furan rings is 1. The fraction of sp³-hybridized carbons (Fsp3) is 0.143. The van der Waals surface area contributed by atoms with Crippen molar-refractivity contribution < 1.29 is 23.5 Å². The first-order valence-electron chi connectivity index (χ1n) is 8.65. The smallest absolute Gasteiger partial charge is 0.338 e. The third kappa shape index (κ3) is 3.88. The van der Waals surface area contributed by atoms with Gasteiger partial charge in [-0.25, -0.2) is 4.79 Å².